The van der Waals surface area contributed by atoms with E-state index < -0.39 is 0 Å². The van der Waals surface area contributed by atoms with Gasteiger partial charge in [0.2, 0.25) is 5.88 Å². The molecule has 0 saturated heterocycles. The molecule has 0 aliphatic rings. The molecule has 0 unspecified atom stereocenters. The van der Waals surface area contributed by atoms with Gasteiger partial charge in [-0.1, -0.05) is 24.3 Å². The molecule has 3 rings (SSSR count). The van der Waals surface area contributed by atoms with E-state index in [9.17, 15) is 0 Å². The van der Waals surface area contributed by atoms with E-state index in [0.717, 1.165) is 22.2 Å². The molecule has 2 aromatic carbocycles. The van der Waals surface area contributed by atoms with Crippen molar-refractivity contribution < 1.29 is 9.47 Å². The smallest absolute Gasteiger partial charge is 0.224 e. The number of aromatic nitrogens is 2. The minimum Gasteiger partial charge on any atom is -0.497 e. The zero-order valence-corrected chi connectivity index (χ0v) is 11.1. The molecule has 0 fully saturated rings. The highest BCUT2D eigenvalue weighted by Gasteiger charge is 2.04. The summed E-state index contributed by atoms with van der Waals surface area (Å²) in [5.74, 6) is 1.44. The van der Waals surface area contributed by atoms with Crippen LogP contribution in [0.4, 0.5) is 0 Å². The fraction of sp³-hybridized carbons (Fsp3) is 0.125. The number of methoxy groups -OCH3 is 1. The van der Waals surface area contributed by atoms with Crippen LogP contribution in [0.15, 0.2) is 54.9 Å². The quantitative estimate of drug-likeness (QED) is 0.727. The summed E-state index contributed by atoms with van der Waals surface area (Å²) < 4.78 is 10.9. The van der Waals surface area contributed by atoms with Crippen LogP contribution in [0, 0.1) is 0 Å². The summed E-state index contributed by atoms with van der Waals surface area (Å²) in [5.41, 5.74) is 1.95. The summed E-state index contributed by atoms with van der Waals surface area (Å²) in [6, 6.07) is 15.6. The lowest BCUT2D eigenvalue weighted by Gasteiger charge is -2.08. The van der Waals surface area contributed by atoms with Crippen LogP contribution in [-0.4, -0.2) is 17.1 Å². The summed E-state index contributed by atoms with van der Waals surface area (Å²) in [7, 11) is 1.65. The van der Waals surface area contributed by atoms with Gasteiger partial charge in [-0.25, -0.2) is 9.97 Å². The molecule has 0 aliphatic carbocycles. The Bertz CT molecular complexity index is 706. The van der Waals surface area contributed by atoms with Gasteiger partial charge < -0.3 is 9.47 Å². The van der Waals surface area contributed by atoms with E-state index in [1.54, 1.807) is 7.11 Å². The van der Waals surface area contributed by atoms with Gasteiger partial charge in [-0.15, -0.1) is 0 Å². The second-order valence-corrected chi connectivity index (χ2v) is 4.33. The fourth-order valence-electron chi connectivity index (χ4n) is 1.97. The van der Waals surface area contributed by atoms with Crippen LogP contribution in [0.5, 0.6) is 11.6 Å². The number of hydrogen-bond acceptors (Lipinski definition) is 4. The first-order chi connectivity index (χ1) is 9.86. The van der Waals surface area contributed by atoms with Crippen molar-refractivity contribution in [3.05, 3.63) is 60.4 Å². The van der Waals surface area contributed by atoms with E-state index in [2.05, 4.69) is 9.97 Å². The number of benzene rings is 2. The first-order valence-electron chi connectivity index (χ1n) is 6.32. The fourth-order valence-corrected chi connectivity index (χ4v) is 1.97. The molecule has 1 heterocycles. The number of rotatable bonds is 4. The second-order valence-electron chi connectivity index (χ2n) is 4.33. The molecule has 4 heteroatoms. The second kappa shape index (κ2) is 5.57. The summed E-state index contributed by atoms with van der Waals surface area (Å²) in [6.45, 7) is 0.463. The first-order valence-corrected chi connectivity index (χ1v) is 6.32. The van der Waals surface area contributed by atoms with Gasteiger partial charge in [-0.2, -0.15) is 0 Å². The maximum absolute atomic E-state index is 5.79. The number of hydrogen-bond donors (Lipinski definition) is 0. The Morgan fingerprint density at radius 3 is 2.55 bits per heavy atom. The Kier molecular flexibility index (Phi) is 3.46. The van der Waals surface area contributed by atoms with Crippen LogP contribution < -0.4 is 9.47 Å². The molecule has 4 nitrogen and oxygen atoms in total. The van der Waals surface area contributed by atoms with Crippen molar-refractivity contribution in [3.63, 3.8) is 0 Å². The Balaban J connectivity index is 1.79. The van der Waals surface area contributed by atoms with Gasteiger partial charge in [0.05, 0.1) is 18.0 Å². The van der Waals surface area contributed by atoms with Crippen molar-refractivity contribution in [2.75, 3.05) is 7.11 Å². The van der Waals surface area contributed by atoms with Crippen molar-refractivity contribution in [2.24, 2.45) is 0 Å². The topological polar surface area (TPSA) is 44.2 Å². The average molecular weight is 266 g/mol. The SMILES string of the molecule is COc1ccc(COc2ncnc3ccccc23)cc1. The highest BCUT2D eigenvalue weighted by molar-refractivity contribution is 5.82. The van der Waals surface area contributed by atoms with Gasteiger partial charge in [0, 0.05) is 0 Å². The molecule has 20 heavy (non-hydrogen) atoms. The Labute approximate surface area is 117 Å². The number of para-hydroxylation sites is 1. The predicted molar refractivity (Wildman–Crippen MR) is 76.9 cm³/mol. The average Bonchev–Trinajstić information content (AvgIpc) is 2.53. The van der Waals surface area contributed by atoms with Crippen molar-refractivity contribution in [3.8, 4) is 11.6 Å². The van der Waals surface area contributed by atoms with Crippen LogP contribution in [0.25, 0.3) is 10.9 Å². The minimum atomic E-state index is 0.463. The maximum atomic E-state index is 5.79. The van der Waals surface area contributed by atoms with Crippen molar-refractivity contribution in [2.45, 2.75) is 6.61 Å². The van der Waals surface area contributed by atoms with Crippen molar-refractivity contribution in [1.29, 1.82) is 0 Å². The number of fused-ring (bicyclic) bond motifs is 1. The van der Waals surface area contributed by atoms with Gasteiger partial charge >= 0.3 is 0 Å². The highest BCUT2D eigenvalue weighted by atomic mass is 16.5. The van der Waals surface area contributed by atoms with Gasteiger partial charge in [-0.3, -0.25) is 0 Å². The molecule has 0 amide bonds. The third-order valence-corrected chi connectivity index (χ3v) is 3.04. The summed E-state index contributed by atoms with van der Waals surface area (Å²) >= 11 is 0. The monoisotopic (exact) mass is 266 g/mol. The zero-order chi connectivity index (χ0) is 13.8. The lowest BCUT2D eigenvalue weighted by Crippen LogP contribution is -1.98. The molecule has 1 aromatic heterocycles. The van der Waals surface area contributed by atoms with Crippen molar-refractivity contribution in [1.82, 2.24) is 9.97 Å². The molecule has 0 N–H and O–H groups in total. The number of nitrogens with zero attached hydrogens (tertiary/aromatic N) is 2. The lowest BCUT2D eigenvalue weighted by atomic mass is 10.2. The van der Waals surface area contributed by atoms with Gasteiger partial charge in [-0.05, 0) is 29.8 Å². The Morgan fingerprint density at radius 2 is 1.75 bits per heavy atom. The maximum Gasteiger partial charge on any atom is 0.224 e. The van der Waals surface area contributed by atoms with E-state index in [-0.39, 0.29) is 0 Å². The normalized spacial score (nSPS) is 10.4. The number of ether oxygens (including phenoxy) is 2. The van der Waals surface area contributed by atoms with E-state index >= 15 is 0 Å². The molecule has 0 radical (unpaired) electrons. The minimum absolute atomic E-state index is 0.463. The summed E-state index contributed by atoms with van der Waals surface area (Å²) in [5, 5.41) is 0.920. The summed E-state index contributed by atoms with van der Waals surface area (Å²) in [4.78, 5) is 8.41. The van der Waals surface area contributed by atoms with Gasteiger partial charge in [0.25, 0.3) is 0 Å². The summed E-state index contributed by atoms with van der Waals surface area (Å²) in [6.07, 6.45) is 1.52. The van der Waals surface area contributed by atoms with E-state index in [1.165, 1.54) is 6.33 Å². The van der Waals surface area contributed by atoms with Crippen LogP contribution in [0.1, 0.15) is 5.56 Å². The third kappa shape index (κ3) is 2.54. The van der Waals surface area contributed by atoms with Gasteiger partial charge in [0.15, 0.2) is 0 Å². The molecule has 3 aromatic rings. The largest absolute Gasteiger partial charge is 0.497 e. The van der Waals surface area contributed by atoms with E-state index in [0.29, 0.717) is 12.5 Å². The first kappa shape index (κ1) is 12.4. The molecular formula is C16H14N2O2. The van der Waals surface area contributed by atoms with Gasteiger partial charge in [0.1, 0.15) is 18.7 Å². The van der Waals surface area contributed by atoms with Crippen LogP contribution in [-0.2, 0) is 6.61 Å². The predicted octanol–water partition coefficient (Wildman–Crippen LogP) is 3.22. The van der Waals surface area contributed by atoms with Crippen LogP contribution >= 0.6 is 0 Å². The third-order valence-electron chi connectivity index (χ3n) is 3.04. The Morgan fingerprint density at radius 1 is 0.950 bits per heavy atom. The van der Waals surface area contributed by atoms with Crippen molar-refractivity contribution >= 4 is 10.9 Å². The molecule has 0 spiro atoms. The van der Waals surface area contributed by atoms with Crippen LogP contribution in [0.2, 0.25) is 0 Å². The zero-order valence-electron chi connectivity index (χ0n) is 11.1. The molecule has 0 atom stereocenters. The van der Waals surface area contributed by atoms with E-state index in [4.69, 9.17) is 9.47 Å². The molecule has 0 aliphatic heterocycles. The molecule has 0 saturated carbocycles. The highest BCUT2D eigenvalue weighted by Crippen LogP contribution is 2.21. The van der Waals surface area contributed by atoms with Crippen LogP contribution in [0.3, 0.4) is 0 Å². The molecular weight excluding hydrogens is 252 g/mol. The Hall–Kier alpha value is -2.62. The molecule has 100 valence electrons. The standard InChI is InChI=1S/C16H14N2O2/c1-19-13-8-6-12(7-9-13)10-20-16-14-4-2-3-5-15(14)17-11-18-16/h2-9,11H,10H2,1H3. The lowest BCUT2D eigenvalue weighted by molar-refractivity contribution is 0.297. The molecule has 0 bridgehead atoms. The van der Waals surface area contributed by atoms with E-state index in [1.807, 2.05) is 48.5 Å².